The minimum atomic E-state index is -5.78. The summed E-state index contributed by atoms with van der Waals surface area (Å²) in [7, 11) is -5.78. The van der Waals surface area contributed by atoms with Gasteiger partial charge >= 0.3 is 40.8 Å². The van der Waals surface area contributed by atoms with Crippen molar-refractivity contribution in [2.75, 3.05) is 6.61 Å². The van der Waals surface area contributed by atoms with E-state index in [9.17, 15) is 26.5 Å². The first-order valence-corrected chi connectivity index (χ1v) is 5.60. The number of hydrogen-bond acceptors (Lipinski definition) is 5. The van der Waals surface area contributed by atoms with Crippen LogP contribution in [0.3, 0.4) is 0 Å². The molecule has 0 rings (SSSR count). The summed E-state index contributed by atoms with van der Waals surface area (Å²) in [5, 5.41) is -4.56. The summed E-state index contributed by atoms with van der Waals surface area (Å²) in [6.07, 6.45) is 1.05. The first-order chi connectivity index (χ1) is 6.70. The molecular formula is C7H11F2NaO5S. The van der Waals surface area contributed by atoms with Crippen molar-refractivity contribution < 1.29 is 60.8 Å². The molecule has 0 N–H and O–H groups in total. The van der Waals surface area contributed by atoms with E-state index >= 15 is 0 Å². The maximum absolute atomic E-state index is 12.4. The summed E-state index contributed by atoms with van der Waals surface area (Å²) in [6.45, 7) is 0.0609. The second-order valence-corrected chi connectivity index (χ2v) is 4.36. The molecule has 5 nitrogen and oxygen atoms in total. The van der Waals surface area contributed by atoms with Crippen molar-refractivity contribution >= 4 is 16.1 Å². The van der Waals surface area contributed by atoms with Gasteiger partial charge in [-0.1, -0.05) is 13.3 Å². The van der Waals surface area contributed by atoms with E-state index in [1.165, 1.54) is 0 Å². The summed E-state index contributed by atoms with van der Waals surface area (Å²) in [6, 6.07) is 0. The van der Waals surface area contributed by atoms with Crippen molar-refractivity contribution in [3.63, 3.8) is 0 Å². The van der Waals surface area contributed by atoms with Crippen molar-refractivity contribution in [2.24, 2.45) is 0 Å². The topological polar surface area (TPSA) is 83.5 Å². The molecule has 16 heavy (non-hydrogen) atoms. The van der Waals surface area contributed by atoms with Crippen LogP contribution < -0.4 is 29.6 Å². The number of carbonyl (C=O) groups is 1. The largest absolute Gasteiger partial charge is 1.00 e. The normalized spacial score (nSPS) is 11.8. The number of hydrogen-bond donors (Lipinski definition) is 0. The van der Waals surface area contributed by atoms with Gasteiger partial charge in [-0.15, -0.1) is 0 Å². The number of alkyl halides is 2. The third-order valence-corrected chi connectivity index (χ3v) is 2.35. The van der Waals surface area contributed by atoms with Crippen molar-refractivity contribution in [2.45, 2.75) is 31.4 Å². The third-order valence-electron chi connectivity index (χ3n) is 1.50. The van der Waals surface area contributed by atoms with Crippen molar-refractivity contribution in [3.8, 4) is 0 Å². The van der Waals surface area contributed by atoms with E-state index < -0.39 is 27.9 Å². The molecule has 0 fully saturated rings. The fourth-order valence-electron chi connectivity index (χ4n) is 0.630. The maximum Gasteiger partial charge on any atom is 1.00 e. The summed E-state index contributed by atoms with van der Waals surface area (Å²) in [5.74, 6) is -0.944. The second kappa shape index (κ2) is 7.54. The van der Waals surface area contributed by atoms with Gasteiger partial charge in [0.05, 0.1) is 0 Å². The summed E-state index contributed by atoms with van der Waals surface area (Å²) in [5.41, 5.74) is 0. The van der Waals surface area contributed by atoms with Gasteiger partial charge in [-0.05, 0) is 6.42 Å². The first-order valence-electron chi connectivity index (χ1n) is 4.19. The van der Waals surface area contributed by atoms with Crippen LogP contribution in [0.1, 0.15) is 26.2 Å². The molecule has 0 atom stereocenters. The molecule has 0 aliphatic rings. The number of unbranched alkanes of at least 4 members (excludes halogenated alkanes) is 1. The fourth-order valence-corrected chi connectivity index (χ4v) is 0.833. The molecule has 0 amide bonds. The van der Waals surface area contributed by atoms with Gasteiger partial charge in [-0.3, -0.25) is 4.79 Å². The molecule has 0 spiro atoms. The molecule has 0 saturated heterocycles. The Morgan fingerprint density at radius 3 is 2.31 bits per heavy atom. The molecule has 0 bridgehead atoms. The van der Waals surface area contributed by atoms with Crippen LogP contribution in [-0.4, -0.2) is 30.8 Å². The number of carbonyl (C=O) groups excluding carboxylic acids is 1. The van der Waals surface area contributed by atoms with Gasteiger partial charge in [0.2, 0.25) is 0 Å². The molecule has 0 aliphatic heterocycles. The molecule has 0 aromatic heterocycles. The molecule has 0 aromatic carbocycles. The molecule has 0 aliphatic carbocycles. The fraction of sp³-hybridized carbons (Fsp3) is 0.857. The summed E-state index contributed by atoms with van der Waals surface area (Å²) in [4.78, 5) is 10.7. The van der Waals surface area contributed by atoms with Crippen LogP contribution in [0.4, 0.5) is 8.78 Å². The molecule has 0 aromatic rings. The monoisotopic (exact) mass is 268 g/mol. The average molecular weight is 268 g/mol. The Labute approximate surface area is 115 Å². The predicted octanol–water partition coefficient (Wildman–Crippen LogP) is -2.14. The van der Waals surface area contributed by atoms with Crippen molar-refractivity contribution in [3.05, 3.63) is 0 Å². The Morgan fingerprint density at radius 1 is 1.44 bits per heavy atom. The summed E-state index contributed by atoms with van der Waals surface area (Å²) < 4.78 is 58.8. The van der Waals surface area contributed by atoms with E-state index in [1.807, 2.05) is 0 Å². The Bertz CT molecular complexity index is 317. The van der Waals surface area contributed by atoms with Crippen LogP contribution in [0.2, 0.25) is 0 Å². The van der Waals surface area contributed by atoms with E-state index in [0.29, 0.717) is 12.8 Å². The van der Waals surface area contributed by atoms with Crippen LogP contribution in [0, 0.1) is 0 Å². The zero-order valence-corrected chi connectivity index (χ0v) is 11.9. The van der Waals surface area contributed by atoms with Crippen LogP contribution in [0.25, 0.3) is 0 Å². The second-order valence-electron chi connectivity index (χ2n) is 2.86. The van der Waals surface area contributed by atoms with Crippen LogP contribution >= 0.6 is 0 Å². The minimum Gasteiger partial charge on any atom is -0.743 e. The quantitative estimate of drug-likeness (QED) is 0.312. The van der Waals surface area contributed by atoms with E-state index in [4.69, 9.17) is 0 Å². The zero-order chi connectivity index (χ0) is 12.1. The number of halogens is 2. The van der Waals surface area contributed by atoms with Crippen molar-refractivity contribution in [1.29, 1.82) is 0 Å². The molecule has 0 unspecified atom stereocenters. The van der Waals surface area contributed by atoms with Gasteiger partial charge in [0.25, 0.3) is 0 Å². The maximum atomic E-state index is 12.4. The van der Waals surface area contributed by atoms with Crippen LogP contribution in [0.5, 0.6) is 0 Å². The van der Waals surface area contributed by atoms with Crippen molar-refractivity contribution in [1.82, 2.24) is 0 Å². The SMILES string of the molecule is CCCCC(=O)OCC(F)(F)S(=O)(=O)[O-].[Na+]. The van der Waals surface area contributed by atoms with E-state index in [2.05, 4.69) is 4.74 Å². The Kier molecular flexibility index (Phi) is 8.77. The van der Waals surface area contributed by atoms with Crippen LogP contribution in [-0.2, 0) is 19.6 Å². The van der Waals surface area contributed by atoms with Gasteiger partial charge < -0.3 is 9.29 Å². The van der Waals surface area contributed by atoms with Gasteiger partial charge in [0, 0.05) is 6.42 Å². The van der Waals surface area contributed by atoms with Gasteiger partial charge in [-0.25, -0.2) is 8.42 Å². The van der Waals surface area contributed by atoms with E-state index in [1.54, 1.807) is 6.92 Å². The predicted molar refractivity (Wildman–Crippen MR) is 45.1 cm³/mol. The summed E-state index contributed by atoms with van der Waals surface area (Å²) >= 11 is 0. The Hall–Kier alpha value is 0.240. The number of esters is 1. The third kappa shape index (κ3) is 6.74. The zero-order valence-electron chi connectivity index (χ0n) is 9.03. The smallest absolute Gasteiger partial charge is 0.743 e. The standard InChI is InChI=1S/C7H12F2O5S.Na/c1-2-3-4-6(10)14-5-7(8,9)15(11,12)13;/h2-5H2,1H3,(H,11,12,13);/q;+1/p-1. The van der Waals surface area contributed by atoms with E-state index in [0.717, 1.165) is 0 Å². The van der Waals surface area contributed by atoms with Gasteiger partial charge in [-0.2, -0.15) is 8.78 Å². The molecule has 0 heterocycles. The molecular weight excluding hydrogens is 257 g/mol. The molecule has 0 radical (unpaired) electrons. The van der Waals surface area contributed by atoms with E-state index in [-0.39, 0.29) is 36.0 Å². The van der Waals surface area contributed by atoms with Gasteiger partial charge in [0.1, 0.15) is 0 Å². The number of rotatable bonds is 6. The minimum absolute atomic E-state index is 0. The number of ether oxygens (including phenoxy) is 1. The molecule has 9 heteroatoms. The first kappa shape index (κ1) is 18.6. The molecule has 90 valence electrons. The average Bonchev–Trinajstić information content (AvgIpc) is 2.09. The van der Waals surface area contributed by atoms with Gasteiger partial charge in [0.15, 0.2) is 16.7 Å². The van der Waals surface area contributed by atoms with Crippen LogP contribution in [0.15, 0.2) is 0 Å². The Morgan fingerprint density at radius 2 is 1.94 bits per heavy atom. The molecule has 0 saturated carbocycles. The Balaban J connectivity index is 0.